The number of nitrogen functional groups attached to an aromatic ring is 1. The summed E-state index contributed by atoms with van der Waals surface area (Å²) < 4.78 is 5.63. The molecule has 3 N–H and O–H groups in total. The molecule has 0 atom stereocenters. The summed E-state index contributed by atoms with van der Waals surface area (Å²) in [6, 6.07) is 1.57. The molecule has 0 radical (unpaired) electrons. The number of ether oxygens (including phenoxy) is 1. The van der Waals surface area contributed by atoms with E-state index >= 15 is 0 Å². The van der Waals surface area contributed by atoms with E-state index in [1.165, 1.54) is 77.7 Å². The fraction of sp³-hybridized carbons (Fsp3) is 0.789. The molecule has 0 aliphatic carbocycles. The van der Waals surface area contributed by atoms with Crippen molar-refractivity contribution >= 4 is 11.8 Å². The number of methoxy groups -OCH3 is 1. The van der Waals surface area contributed by atoms with Crippen LogP contribution in [0.25, 0.3) is 0 Å². The molecular weight excluding hydrogens is 316 g/mol. The van der Waals surface area contributed by atoms with Gasteiger partial charge >= 0.3 is 5.95 Å². The predicted molar refractivity (Wildman–Crippen MR) is 104 cm³/mol. The van der Waals surface area contributed by atoms with Gasteiger partial charge in [0.05, 0.1) is 13.2 Å². The quantitative estimate of drug-likeness (QED) is 0.277. The maximum atomic E-state index is 11.8. The number of anilines is 2. The molecule has 0 spiro atoms. The molecule has 0 aliphatic heterocycles. The Morgan fingerprint density at radius 2 is 1.52 bits per heavy atom. The van der Waals surface area contributed by atoms with Crippen LogP contribution in [-0.2, 0) is 0 Å². The number of rotatable bonds is 15. The van der Waals surface area contributed by atoms with E-state index in [2.05, 4.69) is 17.2 Å². The molecule has 1 rings (SSSR count). The lowest BCUT2D eigenvalue weighted by atomic mass is 10.1. The van der Waals surface area contributed by atoms with Gasteiger partial charge in [0.15, 0.2) is 0 Å². The average molecular weight is 353 g/mol. The van der Waals surface area contributed by atoms with E-state index in [9.17, 15) is 5.21 Å². The highest BCUT2D eigenvalue weighted by molar-refractivity contribution is 5.36. The molecule has 1 heterocycles. The molecule has 0 fully saturated rings. The lowest BCUT2D eigenvalue weighted by molar-refractivity contribution is -0.577. The van der Waals surface area contributed by atoms with Crippen molar-refractivity contribution < 1.29 is 9.47 Å². The highest BCUT2D eigenvalue weighted by atomic mass is 16.5. The Morgan fingerprint density at radius 3 is 2.04 bits per heavy atom. The average Bonchev–Trinajstić information content (AvgIpc) is 2.62. The van der Waals surface area contributed by atoms with E-state index in [-0.39, 0.29) is 5.95 Å². The minimum atomic E-state index is -0.100. The summed E-state index contributed by atoms with van der Waals surface area (Å²) in [7, 11) is 1.51. The van der Waals surface area contributed by atoms with Gasteiger partial charge in [0.25, 0.3) is 5.88 Å². The van der Waals surface area contributed by atoms with E-state index < -0.39 is 0 Å². The standard InChI is InChI=1S/C19H36N4O2/c1-3-4-5-6-7-8-9-10-11-12-13-14-15-21-17-16-18(25-2)22-19(20)23(17)24/h16,21H,3-15H2,1-2H3,(H2,20,22). The van der Waals surface area contributed by atoms with Gasteiger partial charge in [0.2, 0.25) is 5.82 Å². The van der Waals surface area contributed by atoms with Crippen LogP contribution in [0.15, 0.2) is 6.07 Å². The molecule has 1 aromatic heterocycles. The second-order valence-corrected chi connectivity index (χ2v) is 6.65. The lowest BCUT2D eigenvalue weighted by Gasteiger charge is -2.13. The van der Waals surface area contributed by atoms with E-state index in [1.54, 1.807) is 6.07 Å². The third-order valence-corrected chi connectivity index (χ3v) is 4.46. The van der Waals surface area contributed by atoms with Gasteiger partial charge in [-0.15, -0.1) is 0 Å². The van der Waals surface area contributed by atoms with Gasteiger partial charge in [-0.2, -0.15) is 0 Å². The van der Waals surface area contributed by atoms with Gasteiger partial charge in [-0.05, 0) is 6.42 Å². The molecule has 0 bridgehead atoms. The normalized spacial score (nSPS) is 10.8. The third-order valence-electron chi connectivity index (χ3n) is 4.46. The van der Waals surface area contributed by atoms with Gasteiger partial charge in [-0.3, -0.25) is 0 Å². The Hall–Kier alpha value is -1.72. The summed E-state index contributed by atoms with van der Waals surface area (Å²) >= 11 is 0. The Bertz CT molecular complexity index is 469. The van der Waals surface area contributed by atoms with Gasteiger partial charge in [-0.1, -0.05) is 82.5 Å². The number of hydrogen-bond donors (Lipinski definition) is 2. The monoisotopic (exact) mass is 352 g/mol. The fourth-order valence-electron chi connectivity index (χ4n) is 2.90. The second-order valence-electron chi connectivity index (χ2n) is 6.65. The number of nitrogens with zero attached hydrogens (tertiary/aromatic N) is 2. The Kier molecular flexibility index (Phi) is 11.6. The molecule has 6 heteroatoms. The van der Waals surface area contributed by atoms with E-state index in [0.29, 0.717) is 16.4 Å². The minimum Gasteiger partial charge on any atom is -0.754 e. The third kappa shape index (κ3) is 9.37. The Morgan fingerprint density at radius 1 is 1.00 bits per heavy atom. The van der Waals surface area contributed by atoms with Crippen LogP contribution >= 0.6 is 0 Å². The maximum Gasteiger partial charge on any atom is 0.347 e. The van der Waals surface area contributed by atoms with Crippen LogP contribution in [-0.4, -0.2) is 18.6 Å². The first-order chi connectivity index (χ1) is 12.2. The molecule has 25 heavy (non-hydrogen) atoms. The fourth-order valence-corrected chi connectivity index (χ4v) is 2.90. The molecule has 0 amide bonds. The highest BCUT2D eigenvalue weighted by Gasteiger charge is 2.10. The topological polar surface area (TPSA) is 87.1 Å². The summed E-state index contributed by atoms with van der Waals surface area (Å²) in [6.07, 6.45) is 15.8. The van der Waals surface area contributed by atoms with Crippen molar-refractivity contribution in [2.75, 3.05) is 24.7 Å². The highest BCUT2D eigenvalue weighted by Crippen LogP contribution is 2.14. The molecule has 6 nitrogen and oxygen atoms in total. The van der Waals surface area contributed by atoms with Gasteiger partial charge in [0.1, 0.15) is 0 Å². The van der Waals surface area contributed by atoms with Crippen LogP contribution in [0.1, 0.15) is 84.0 Å². The van der Waals surface area contributed by atoms with Gasteiger partial charge in [-0.25, -0.2) is 4.73 Å². The molecule has 0 unspecified atom stereocenters. The van der Waals surface area contributed by atoms with Crippen LogP contribution in [0.4, 0.5) is 11.8 Å². The van der Waals surface area contributed by atoms with Crippen LogP contribution < -0.4 is 20.5 Å². The Balaban J connectivity index is 2.00. The SMILES string of the molecule is CCCCCCCCCCCCCCNc1cc(OC)nc(N)[n+]1[O-]. The van der Waals surface area contributed by atoms with Gasteiger partial charge < -0.3 is 21.0 Å². The number of unbranched alkanes of at least 4 members (excludes halogenated alkanes) is 11. The molecule has 0 aromatic carbocycles. The molecular formula is C19H36N4O2. The van der Waals surface area contributed by atoms with Crippen molar-refractivity contribution in [3.05, 3.63) is 11.3 Å². The van der Waals surface area contributed by atoms with Crippen molar-refractivity contribution in [3.8, 4) is 5.88 Å². The molecule has 0 aliphatic rings. The first-order valence-corrected chi connectivity index (χ1v) is 9.87. The van der Waals surface area contributed by atoms with Gasteiger partial charge in [0, 0.05) is 6.54 Å². The largest absolute Gasteiger partial charge is 0.754 e. The summed E-state index contributed by atoms with van der Waals surface area (Å²) in [4.78, 5) is 3.83. The van der Waals surface area contributed by atoms with Crippen molar-refractivity contribution in [2.45, 2.75) is 84.0 Å². The molecule has 144 valence electrons. The van der Waals surface area contributed by atoms with Crippen LogP contribution in [0.5, 0.6) is 5.88 Å². The Labute approximate surface area is 152 Å². The van der Waals surface area contributed by atoms with Crippen LogP contribution in [0.2, 0.25) is 0 Å². The van der Waals surface area contributed by atoms with Crippen molar-refractivity contribution in [2.24, 2.45) is 0 Å². The van der Waals surface area contributed by atoms with Crippen molar-refractivity contribution in [3.63, 3.8) is 0 Å². The second kappa shape index (κ2) is 13.6. The molecule has 0 saturated carbocycles. The minimum absolute atomic E-state index is 0.100. The van der Waals surface area contributed by atoms with Crippen molar-refractivity contribution in [1.82, 2.24) is 4.98 Å². The van der Waals surface area contributed by atoms with E-state index in [1.807, 2.05) is 0 Å². The van der Waals surface area contributed by atoms with E-state index in [0.717, 1.165) is 13.0 Å². The van der Waals surface area contributed by atoms with Crippen molar-refractivity contribution in [1.29, 1.82) is 0 Å². The summed E-state index contributed by atoms with van der Waals surface area (Å²) in [5, 5.41) is 14.9. The lowest BCUT2D eigenvalue weighted by Crippen LogP contribution is -2.35. The van der Waals surface area contributed by atoms with Crippen LogP contribution in [0.3, 0.4) is 0 Å². The molecule has 0 saturated heterocycles. The zero-order chi connectivity index (χ0) is 18.3. The number of hydrogen-bond acceptors (Lipinski definition) is 5. The number of nitrogens with two attached hydrogens (primary N) is 1. The summed E-state index contributed by atoms with van der Waals surface area (Å²) in [6.45, 7) is 3.02. The first kappa shape index (κ1) is 21.3. The summed E-state index contributed by atoms with van der Waals surface area (Å²) in [5.41, 5.74) is 5.56. The zero-order valence-corrected chi connectivity index (χ0v) is 16.1. The number of nitrogens with one attached hydrogen (secondary N) is 1. The van der Waals surface area contributed by atoms with Crippen LogP contribution in [0, 0.1) is 5.21 Å². The van der Waals surface area contributed by atoms with E-state index in [4.69, 9.17) is 10.5 Å². The zero-order valence-electron chi connectivity index (χ0n) is 16.1. The smallest absolute Gasteiger partial charge is 0.347 e. The number of aromatic nitrogens is 2. The molecule has 1 aromatic rings. The predicted octanol–water partition coefficient (Wildman–Crippen LogP) is 4.42. The summed E-state index contributed by atoms with van der Waals surface area (Å²) in [5.74, 6) is 0.644. The maximum absolute atomic E-state index is 11.8. The first-order valence-electron chi connectivity index (χ1n) is 9.87.